The van der Waals surface area contributed by atoms with E-state index in [4.69, 9.17) is 10.5 Å². The van der Waals surface area contributed by atoms with E-state index >= 15 is 0 Å². The second-order valence-corrected chi connectivity index (χ2v) is 4.40. The molecule has 1 saturated carbocycles. The third-order valence-electron chi connectivity index (χ3n) is 3.06. The van der Waals surface area contributed by atoms with Gasteiger partial charge in [0.1, 0.15) is 0 Å². The Balaban J connectivity index is 2.10. The monoisotopic (exact) mass is 185 g/mol. The van der Waals surface area contributed by atoms with E-state index in [0.29, 0.717) is 0 Å². The Bertz CT molecular complexity index is 130. The van der Waals surface area contributed by atoms with E-state index in [1.54, 1.807) is 0 Å². The highest BCUT2D eigenvalue weighted by Crippen LogP contribution is 2.24. The summed E-state index contributed by atoms with van der Waals surface area (Å²) in [4.78, 5) is 0. The summed E-state index contributed by atoms with van der Waals surface area (Å²) in [6.45, 7) is 4.99. The molecule has 0 aromatic carbocycles. The maximum Gasteiger partial charge on any atom is 0.0695 e. The third-order valence-corrected chi connectivity index (χ3v) is 3.06. The van der Waals surface area contributed by atoms with Crippen LogP contribution in [0.1, 0.15) is 46.0 Å². The molecular formula is C11H23NO. The van der Waals surface area contributed by atoms with Crippen LogP contribution in [0.25, 0.3) is 0 Å². The van der Waals surface area contributed by atoms with Crippen molar-refractivity contribution >= 4 is 0 Å². The fraction of sp³-hybridized carbons (Fsp3) is 1.00. The predicted molar refractivity (Wildman–Crippen MR) is 55.6 cm³/mol. The molecular weight excluding hydrogens is 162 g/mol. The van der Waals surface area contributed by atoms with Crippen LogP contribution in [0.15, 0.2) is 0 Å². The molecule has 2 N–H and O–H groups in total. The van der Waals surface area contributed by atoms with Crippen molar-refractivity contribution in [3.8, 4) is 0 Å². The highest BCUT2D eigenvalue weighted by atomic mass is 16.5. The molecule has 0 spiro atoms. The molecule has 0 aromatic rings. The van der Waals surface area contributed by atoms with E-state index in [1.165, 1.54) is 32.1 Å². The van der Waals surface area contributed by atoms with Crippen LogP contribution >= 0.6 is 0 Å². The summed E-state index contributed by atoms with van der Waals surface area (Å²) in [5, 5.41) is 0. The maximum absolute atomic E-state index is 5.73. The van der Waals surface area contributed by atoms with E-state index in [9.17, 15) is 0 Å². The Morgan fingerprint density at radius 2 is 1.85 bits per heavy atom. The molecule has 2 heteroatoms. The topological polar surface area (TPSA) is 35.2 Å². The van der Waals surface area contributed by atoms with Gasteiger partial charge in [0.2, 0.25) is 0 Å². The molecule has 13 heavy (non-hydrogen) atoms. The Hall–Kier alpha value is -0.0800. The summed E-state index contributed by atoms with van der Waals surface area (Å²) < 4.78 is 5.72. The molecule has 0 saturated heterocycles. The molecule has 1 rings (SSSR count). The highest BCUT2D eigenvalue weighted by Gasteiger charge is 2.15. The molecule has 2 nitrogen and oxygen atoms in total. The number of hydrogen-bond donors (Lipinski definition) is 1. The smallest absolute Gasteiger partial charge is 0.0695 e. The first-order chi connectivity index (χ1) is 6.20. The number of hydrogen-bond acceptors (Lipinski definition) is 2. The lowest BCUT2D eigenvalue weighted by Crippen LogP contribution is -2.33. The molecule has 0 aromatic heterocycles. The molecule has 1 fully saturated rings. The van der Waals surface area contributed by atoms with Crippen LogP contribution in [0.2, 0.25) is 0 Å². The van der Waals surface area contributed by atoms with Crippen molar-refractivity contribution in [1.82, 2.24) is 0 Å². The standard InChI is InChI=1S/C11H23NO/c1-9(12)10(2)13-8-11-6-4-3-5-7-11/h9-11H,3-8,12H2,1-2H3/t9?,10-/m1/s1. The van der Waals surface area contributed by atoms with Crippen LogP contribution in [-0.2, 0) is 4.74 Å². The van der Waals surface area contributed by atoms with E-state index in [0.717, 1.165) is 12.5 Å². The van der Waals surface area contributed by atoms with Gasteiger partial charge < -0.3 is 10.5 Å². The summed E-state index contributed by atoms with van der Waals surface area (Å²) in [6.07, 6.45) is 7.11. The fourth-order valence-electron chi connectivity index (χ4n) is 1.79. The Kier molecular flexibility index (Phi) is 4.74. The highest BCUT2D eigenvalue weighted by molar-refractivity contribution is 4.67. The Morgan fingerprint density at radius 1 is 1.23 bits per heavy atom. The average molecular weight is 185 g/mol. The van der Waals surface area contributed by atoms with Crippen molar-refractivity contribution in [2.24, 2.45) is 11.7 Å². The molecule has 0 aliphatic heterocycles. The summed E-state index contributed by atoms with van der Waals surface area (Å²) >= 11 is 0. The lowest BCUT2D eigenvalue weighted by atomic mass is 9.90. The van der Waals surface area contributed by atoms with Gasteiger partial charge in [-0.25, -0.2) is 0 Å². The van der Waals surface area contributed by atoms with Crippen LogP contribution in [0.5, 0.6) is 0 Å². The van der Waals surface area contributed by atoms with Crippen LogP contribution in [0.4, 0.5) is 0 Å². The first-order valence-electron chi connectivity index (χ1n) is 5.57. The lowest BCUT2D eigenvalue weighted by Gasteiger charge is -2.24. The summed E-state index contributed by atoms with van der Waals surface area (Å²) in [7, 11) is 0. The van der Waals surface area contributed by atoms with E-state index in [2.05, 4.69) is 6.92 Å². The van der Waals surface area contributed by atoms with Crippen LogP contribution in [0.3, 0.4) is 0 Å². The second kappa shape index (κ2) is 5.61. The third kappa shape index (κ3) is 4.10. The zero-order valence-electron chi connectivity index (χ0n) is 8.96. The average Bonchev–Trinajstić information content (AvgIpc) is 2.15. The van der Waals surface area contributed by atoms with E-state index in [1.807, 2.05) is 6.92 Å². The van der Waals surface area contributed by atoms with Gasteiger partial charge in [-0.1, -0.05) is 19.3 Å². The normalized spacial score (nSPS) is 24.2. The summed E-state index contributed by atoms with van der Waals surface area (Å²) in [5.41, 5.74) is 5.73. The minimum absolute atomic E-state index is 0.156. The molecule has 1 aliphatic rings. The van der Waals surface area contributed by atoms with Gasteiger partial charge in [0.05, 0.1) is 6.10 Å². The van der Waals surface area contributed by atoms with Gasteiger partial charge in [0.15, 0.2) is 0 Å². The van der Waals surface area contributed by atoms with Crippen LogP contribution in [0, 0.1) is 5.92 Å². The van der Waals surface area contributed by atoms with Crippen molar-refractivity contribution in [3.63, 3.8) is 0 Å². The van der Waals surface area contributed by atoms with Gasteiger partial charge >= 0.3 is 0 Å². The van der Waals surface area contributed by atoms with Crippen molar-refractivity contribution in [2.75, 3.05) is 6.61 Å². The number of nitrogens with two attached hydrogens (primary N) is 1. The van der Waals surface area contributed by atoms with Gasteiger partial charge in [-0.3, -0.25) is 0 Å². The lowest BCUT2D eigenvalue weighted by molar-refractivity contribution is 0.0204. The quantitative estimate of drug-likeness (QED) is 0.729. The van der Waals surface area contributed by atoms with Crippen molar-refractivity contribution in [2.45, 2.75) is 58.1 Å². The Morgan fingerprint density at radius 3 is 2.38 bits per heavy atom. The predicted octanol–water partition coefficient (Wildman–Crippen LogP) is 2.32. The molecule has 1 unspecified atom stereocenters. The Labute approximate surface area is 81.8 Å². The van der Waals surface area contributed by atoms with Gasteiger partial charge in [0, 0.05) is 12.6 Å². The SMILES string of the molecule is CC(N)[C@@H](C)OCC1CCCCC1. The van der Waals surface area contributed by atoms with Crippen LogP contribution < -0.4 is 5.73 Å². The summed E-state index contributed by atoms with van der Waals surface area (Å²) in [6, 6.07) is 0.156. The second-order valence-electron chi connectivity index (χ2n) is 4.40. The van der Waals surface area contributed by atoms with Crippen molar-refractivity contribution < 1.29 is 4.74 Å². The van der Waals surface area contributed by atoms with Crippen LogP contribution in [-0.4, -0.2) is 18.8 Å². The minimum atomic E-state index is 0.156. The largest absolute Gasteiger partial charge is 0.377 e. The molecule has 78 valence electrons. The number of ether oxygens (including phenoxy) is 1. The van der Waals surface area contributed by atoms with Gasteiger partial charge in [-0.05, 0) is 32.6 Å². The molecule has 1 aliphatic carbocycles. The fourth-order valence-corrected chi connectivity index (χ4v) is 1.79. The van der Waals surface area contributed by atoms with Crippen molar-refractivity contribution in [3.05, 3.63) is 0 Å². The summed E-state index contributed by atoms with van der Waals surface area (Å²) in [5.74, 6) is 0.801. The van der Waals surface area contributed by atoms with E-state index in [-0.39, 0.29) is 12.1 Å². The maximum atomic E-state index is 5.73. The zero-order chi connectivity index (χ0) is 9.68. The van der Waals surface area contributed by atoms with Crippen molar-refractivity contribution in [1.29, 1.82) is 0 Å². The minimum Gasteiger partial charge on any atom is -0.377 e. The molecule has 0 heterocycles. The molecule has 0 radical (unpaired) electrons. The van der Waals surface area contributed by atoms with Gasteiger partial charge in [-0.15, -0.1) is 0 Å². The van der Waals surface area contributed by atoms with Gasteiger partial charge in [-0.2, -0.15) is 0 Å². The first-order valence-corrected chi connectivity index (χ1v) is 5.57. The first kappa shape index (κ1) is 11.0. The zero-order valence-corrected chi connectivity index (χ0v) is 8.96. The van der Waals surface area contributed by atoms with E-state index < -0.39 is 0 Å². The number of rotatable bonds is 4. The molecule has 0 amide bonds. The van der Waals surface area contributed by atoms with Gasteiger partial charge in [0.25, 0.3) is 0 Å². The molecule has 0 bridgehead atoms. The molecule has 2 atom stereocenters.